The molecular weight excluding hydrogens is 389 g/mol. The molecule has 3 aromatic heterocycles. The first-order valence-corrected chi connectivity index (χ1v) is 9.11. The molecule has 0 saturated carbocycles. The number of anilines is 1. The van der Waals surface area contributed by atoms with Crippen LogP contribution in [0.2, 0.25) is 0 Å². The van der Waals surface area contributed by atoms with Crippen LogP contribution in [-0.2, 0) is 6.54 Å². The monoisotopic (exact) mass is 403 g/mol. The fourth-order valence-corrected chi connectivity index (χ4v) is 3.22. The normalized spacial score (nSPS) is 11.2. The second-order valence-corrected chi connectivity index (χ2v) is 6.71. The van der Waals surface area contributed by atoms with Crippen molar-refractivity contribution in [1.82, 2.24) is 9.78 Å². The van der Waals surface area contributed by atoms with Gasteiger partial charge in [-0.3, -0.25) is 14.3 Å². The molecule has 0 aliphatic carbocycles. The first-order valence-electron chi connectivity index (χ1n) is 9.11. The lowest BCUT2D eigenvalue weighted by molar-refractivity contribution is 0.0997. The second kappa shape index (κ2) is 7.00. The summed E-state index contributed by atoms with van der Waals surface area (Å²) in [4.78, 5) is 25.2. The highest BCUT2D eigenvalue weighted by atomic mass is 19.1. The Balaban J connectivity index is 1.39. The summed E-state index contributed by atoms with van der Waals surface area (Å²) in [6.07, 6.45) is 3.02. The van der Waals surface area contributed by atoms with Gasteiger partial charge in [0.2, 0.25) is 5.43 Å². The minimum atomic E-state index is -0.560. The fraction of sp³-hybridized carbons (Fsp3) is 0.0455. The lowest BCUT2D eigenvalue weighted by Gasteiger charge is -2.03. The average molecular weight is 403 g/mol. The third-order valence-corrected chi connectivity index (χ3v) is 4.68. The summed E-state index contributed by atoms with van der Waals surface area (Å²) in [6.45, 7) is 0.220. The Hall–Kier alpha value is -4.20. The summed E-state index contributed by atoms with van der Waals surface area (Å²) in [5.41, 5.74) is 0.992. The maximum Gasteiger partial charge on any atom is 0.302 e. The zero-order valence-corrected chi connectivity index (χ0v) is 15.5. The van der Waals surface area contributed by atoms with Crippen molar-refractivity contribution >= 4 is 33.7 Å². The Bertz CT molecular complexity index is 1460. The number of hydrogen-bond acceptors (Lipinski definition) is 5. The number of nitrogens with zero attached hydrogens (tertiary/aromatic N) is 2. The highest BCUT2D eigenvalue weighted by Gasteiger charge is 2.18. The van der Waals surface area contributed by atoms with E-state index in [1.807, 2.05) is 0 Å². The zero-order valence-electron chi connectivity index (χ0n) is 15.5. The number of halogens is 1. The van der Waals surface area contributed by atoms with E-state index in [4.69, 9.17) is 8.83 Å². The molecule has 5 rings (SSSR count). The Labute approximate surface area is 168 Å². The highest BCUT2D eigenvalue weighted by Crippen LogP contribution is 2.22. The van der Waals surface area contributed by atoms with Crippen LogP contribution in [0, 0.1) is 5.82 Å². The molecular formula is C22H14FN3O4. The van der Waals surface area contributed by atoms with Crippen LogP contribution < -0.4 is 10.7 Å². The largest absolute Gasteiger partial charge is 0.425 e. The minimum Gasteiger partial charge on any atom is -0.425 e. The van der Waals surface area contributed by atoms with Gasteiger partial charge in [-0.25, -0.2) is 4.39 Å². The summed E-state index contributed by atoms with van der Waals surface area (Å²) >= 11 is 0. The summed E-state index contributed by atoms with van der Waals surface area (Å²) in [7, 11) is 0. The molecule has 8 heteroatoms. The number of carbonyl (C=O) groups is 1. The Morgan fingerprint density at radius 2 is 1.87 bits per heavy atom. The van der Waals surface area contributed by atoms with Gasteiger partial charge in [-0.2, -0.15) is 5.10 Å². The predicted octanol–water partition coefficient (Wildman–Crippen LogP) is 4.18. The molecule has 7 nitrogen and oxygen atoms in total. The number of aromatic nitrogens is 2. The Morgan fingerprint density at radius 3 is 2.73 bits per heavy atom. The van der Waals surface area contributed by atoms with E-state index in [9.17, 15) is 14.0 Å². The lowest BCUT2D eigenvalue weighted by atomic mass is 10.2. The van der Waals surface area contributed by atoms with Crippen LogP contribution in [0.3, 0.4) is 0 Å². The van der Waals surface area contributed by atoms with E-state index >= 15 is 0 Å². The van der Waals surface area contributed by atoms with Crippen LogP contribution >= 0.6 is 0 Å². The molecule has 0 radical (unpaired) electrons. The van der Waals surface area contributed by atoms with Crippen molar-refractivity contribution in [3.63, 3.8) is 0 Å². The number of fused-ring (bicyclic) bond motifs is 2. The molecule has 0 aliphatic rings. The molecule has 2 aromatic carbocycles. The van der Waals surface area contributed by atoms with Gasteiger partial charge in [0, 0.05) is 17.8 Å². The van der Waals surface area contributed by atoms with Crippen molar-refractivity contribution in [2.24, 2.45) is 0 Å². The van der Waals surface area contributed by atoms with E-state index in [1.54, 1.807) is 48.7 Å². The molecule has 0 bridgehead atoms. The van der Waals surface area contributed by atoms with Crippen molar-refractivity contribution in [2.45, 2.75) is 6.54 Å². The zero-order chi connectivity index (χ0) is 20.7. The molecule has 0 atom stereocenters. The lowest BCUT2D eigenvalue weighted by Crippen LogP contribution is -2.10. The van der Waals surface area contributed by atoms with Crippen molar-refractivity contribution < 1.29 is 18.0 Å². The summed E-state index contributed by atoms with van der Waals surface area (Å²) < 4.78 is 26.3. The number of carbonyl (C=O) groups excluding carboxylic acids is 1. The number of nitrogens with one attached hydrogen (secondary N) is 1. The maximum absolute atomic E-state index is 13.8. The van der Waals surface area contributed by atoms with Crippen molar-refractivity contribution in [1.29, 1.82) is 0 Å². The van der Waals surface area contributed by atoms with E-state index in [0.29, 0.717) is 22.2 Å². The van der Waals surface area contributed by atoms with Crippen molar-refractivity contribution in [3.05, 3.63) is 94.4 Å². The molecule has 1 amide bonds. The van der Waals surface area contributed by atoms with Gasteiger partial charge in [-0.15, -0.1) is 0 Å². The number of rotatable bonds is 4. The number of hydrogen-bond donors (Lipinski definition) is 1. The number of benzene rings is 2. The van der Waals surface area contributed by atoms with Gasteiger partial charge in [0.25, 0.3) is 5.91 Å². The van der Waals surface area contributed by atoms with E-state index in [-0.39, 0.29) is 34.7 Å². The summed E-state index contributed by atoms with van der Waals surface area (Å²) in [6, 6.07) is 14.5. The van der Waals surface area contributed by atoms with Crippen molar-refractivity contribution in [2.75, 3.05) is 5.32 Å². The molecule has 0 fully saturated rings. The number of furan rings is 1. The third kappa shape index (κ3) is 3.14. The average Bonchev–Trinajstić information content (AvgIpc) is 3.37. The molecule has 148 valence electrons. The topological polar surface area (TPSA) is 90.3 Å². The molecule has 3 heterocycles. The molecule has 30 heavy (non-hydrogen) atoms. The number of amides is 1. The van der Waals surface area contributed by atoms with Crippen molar-refractivity contribution in [3.8, 4) is 0 Å². The summed E-state index contributed by atoms with van der Waals surface area (Å²) in [5, 5.41) is 7.38. The van der Waals surface area contributed by atoms with Crippen LogP contribution in [0.4, 0.5) is 10.1 Å². The third-order valence-electron chi connectivity index (χ3n) is 4.68. The first-order chi connectivity index (χ1) is 14.6. The standard InChI is InChI=1S/C22H14FN3O4/c23-17-7-3-1-5-13(17)11-26-12-14(10-24-26)25-21(28)19-9-16-20(27)15-6-2-4-8-18(15)29-22(16)30-19/h1-10,12H,11H2,(H,25,28). The molecule has 1 N–H and O–H groups in total. The Kier molecular flexibility index (Phi) is 4.17. The first kappa shape index (κ1) is 17.9. The quantitative estimate of drug-likeness (QED) is 0.486. The van der Waals surface area contributed by atoms with E-state index < -0.39 is 5.91 Å². The van der Waals surface area contributed by atoms with Crippen LogP contribution in [0.15, 0.2) is 80.6 Å². The van der Waals surface area contributed by atoms with Gasteiger partial charge in [0.1, 0.15) is 16.8 Å². The smallest absolute Gasteiger partial charge is 0.302 e. The van der Waals surface area contributed by atoms with Gasteiger partial charge in [0.05, 0.1) is 23.8 Å². The molecule has 5 aromatic rings. The minimum absolute atomic E-state index is 0.0147. The molecule has 0 unspecified atom stereocenters. The predicted molar refractivity (Wildman–Crippen MR) is 108 cm³/mol. The second-order valence-electron chi connectivity index (χ2n) is 6.71. The van der Waals surface area contributed by atoms with E-state index in [1.165, 1.54) is 23.0 Å². The van der Waals surface area contributed by atoms with Gasteiger partial charge in [-0.1, -0.05) is 30.3 Å². The van der Waals surface area contributed by atoms with Gasteiger partial charge < -0.3 is 14.2 Å². The fourth-order valence-electron chi connectivity index (χ4n) is 3.22. The van der Waals surface area contributed by atoms with Crippen LogP contribution in [-0.4, -0.2) is 15.7 Å². The van der Waals surface area contributed by atoms with Gasteiger partial charge in [0.15, 0.2) is 5.76 Å². The summed E-state index contributed by atoms with van der Waals surface area (Å²) in [5.74, 6) is -0.970. The highest BCUT2D eigenvalue weighted by molar-refractivity contribution is 6.04. The van der Waals surface area contributed by atoms with Gasteiger partial charge >= 0.3 is 5.78 Å². The van der Waals surface area contributed by atoms with Crippen LogP contribution in [0.25, 0.3) is 22.1 Å². The number of para-hydroxylation sites is 1. The van der Waals surface area contributed by atoms with Crippen LogP contribution in [0.1, 0.15) is 16.1 Å². The van der Waals surface area contributed by atoms with Crippen LogP contribution in [0.5, 0.6) is 0 Å². The molecule has 0 saturated heterocycles. The van der Waals surface area contributed by atoms with Gasteiger partial charge in [-0.05, 0) is 18.2 Å². The maximum atomic E-state index is 13.8. The SMILES string of the molecule is O=C(Nc1cnn(Cc2ccccc2F)c1)c1cc2c(=O)c3ccccc3oc2o1. The van der Waals surface area contributed by atoms with E-state index in [0.717, 1.165) is 0 Å². The molecule has 0 aliphatic heterocycles. The van der Waals surface area contributed by atoms with E-state index in [2.05, 4.69) is 10.4 Å². The Morgan fingerprint density at radius 1 is 1.07 bits per heavy atom. The molecule has 0 spiro atoms.